The molecule has 0 N–H and O–H groups in total. The molecular formula is C13H11F2P. The lowest BCUT2D eigenvalue weighted by molar-refractivity contribution is 0.585. The molecule has 82 valence electrons. The molecule has 0 nitrogen and oxygen atoms in total. The highest BCUT2D eigenvalue weighted by atomic mass is 31.1. The van der Waals surface area contributed by atoms with Crippen LogP contribution >= 0.6 is 8.58 Å². The molecule has 0 fully saturated rings. The van der Waals surface area contributed by atoms with Crippen LogP contribution in [0.5, 0.6) is 0 Å². The monoisotopic (exact) mass is 236 g/mol. The Kier molecular flexibility index (Phi) is 3.63. The zero-order chi connectivity index (χ0) is 11.4. The fraction of sp³-hybridized carbons (Fsp3) is 0.0769. The number of benzene rings is 2. The molecule has 2 rings (SSSR count). The van der Waals surface area contributed by atoms with E-state index in [1.54, 1.807) is 0 Å². The molecule has 0 heterocycles. The van der Waals surface area contributed by atoms with Crippen molar-refractivity contribution in [1.29, 1.82) is 0 Å². The largest absolute Gasteiger partial charge is 0.207 e. The van der Waals surface area contributed by atoms with Gasteiger partial charge in [0, 0.05) is 6.07 Å². The minimum Gasteiger partial charge on any atom is -0.207 e. The van der Waals surface area contributed by atoms with Gasteiger partial charge in [-0.3, -0.25) is 0 Å². The molecule has 2 aromatic carbocycles. The van der Waals surface area contributed by atoms with Crippen molar-refractivity contribution in [1.82, 2.24) is 0 Å². The second kappa shape index (κ2) is 5.18. The van der Waals surface area contributed by atoms with Crippen molar-refractivity contribution < 1.29 is 8.78 Å². The average Bonchev–Trinajstić information content (AvgIpc) is 2.27. The van der Waals surface area contributed by atoms with Crippen molar-refractivity contribution in [3.63, 3.8) is 0 Å². The molecule has 16 heavy (non-hydrogen) atoms. The van der Waals surface area contributed by atoms with Gasteiger partial charge in [0.05, 0.1) is 0 Å². The van der Waals surface area contributed by atoms with Gasteiger partial charge in [0.25, 0.3) is 0 Å². The van der Waals surface area contributed by atoms with Crippen LogP contribution in [0.2, 0.25) is 0 Å². The summed E-state index contributed by atoms with van der Waals surface area (Å²) in [7, 11) is 0.395. The van der Waals surface area contributed by atoms with E-state index < -0.39 is 11.6 Å². The number of hydrogen-bond donors (Lipinski definition) is 0. The Morgan fingerprint density at radius 2 is 1.50 bits per heavy atom. The topological polar surface area (TPSA) is 0 Å². The van der Waals surface area contributed by atoms with Crippen LogP contribution in [0, 0.1) is 11.6 Å². The first kappa shape index (κ1) is 11.2. The first-order valence-corrected chi connectivity index (χ1v) is 6.18. The van der Waals surface area contributed by atoms with Gasteiger partial charge in [-0.15, -0.1) is 0 Å². The van der Waals surface area contributed by atoms with Gasteiger partial charge in [-0.2, -0.15) is 0 Å². The van der Waals surface area contributed by atoms with Gasteiger partial charge < -0.3 is 0 Å². The number of rotatable bonds is 3. The second-order valence-electron chi connectivity index (χ2n) is 3.50. The maximum atomic E-state index is 12.9. The predicted molar refractivity (Wildman–Crippen MR) is 64.5 cm³/mol. The molecule has 0 aliphatic carbocycles. The van der Waals surface area contributed by atoms with Gasteiger partial charge in [0.15, 0.2) is 0 Å². The number of halogens is 2. The van der Waals surface area contributed by atoms with E-state index in [0.717, 1.165) is 17.5 Å². The minimum atomic E-state index is -0.504. The SMILES string of the molecule is Fc1cc(F)cc(PCc2ccccc2)c1. The lowest BCUT2D eigenvalue weighted by atomic mass is 10.2. The maximum Gasteiger partial charge on any atom is 0.126 e. The van der Waals surface area contributed by atoms with Crippen molar-refractivity contribution in [3.8, 4) is 0 Å². The third-order valence-corrected chi connectivity index (χ3v) is 3.48. The summed E-state index contributed by atoms with van der Waals surface area (Å²) in [6.07, 6.45) is 0.823. The summed E-state index contributed by atoms with van der Waals surface area (Å²) in [5.74, 6) is -1.01. The predicted octanol–water partition coefficient (Wildman–Crippen LogP) is 3.47. The summed E-state index contributed by atoms with van der Waals surface area (Å²) >= 11 is 0. The summed E-state index contributed by atoms with van der Waals surface area (Å²) in [5.41, 5.74) is 1.19. The van der Waals surface area contributed by atoms with Gasteiger partial charge in [-0.25, -0.2) is 8.78 Å². The summed E-state index contributed by atoms with van der Waals surface area (Å²) < 4.78 is 25.8. The summed E-state index contributed by atoms with van der Waals surface area (Å²) in [6.45, 7) is 0. The molecule has 2 aromatic rings. The van der Waals surface area contributed by atoms with Crippen LogP contribution in [0.1, 0.15) is 5.56 Å². The highest BCUT2D eigenvalue weighted by Crippen LogP contribution is 2.19. The van der Waals surface area contributed by atoms with Crippen LogP contribution in [0.25, 0.3) is 0 Å². The van der Waals surface area contributed by atoms with Crippen molar-refractivity contribution in [2.45, 2.75) is 6.16 Å². The normalized spacial score (nSPS) is 11.1. The molecule has 0 aliphatic rings. The Morgan fingerprint density at radius 3 is 2.12 bits per heavy atom. The molecular weight excluding hydrogens is 225 g/mol. The maximum absolute atomic E-state index is 12.9. The Labute approximate surface area is 95.1 Å². The van der Waals surface area contributed by atoms with Crippen LogP contribution in [0.4, 0.5) is 8.78 Å². The van der Waals surface area contributed by atoms with E-state index in [-0.39, 0.29) is 0 Å². The zero-order valence-electron chi connectivity index (χ0n) is 8.58. The van der Waals surface area contributed by atoms with Crippen LogP contribution in [-0.4, -0.2) is 0 Å². The highest BCUT2D eigenvalue weighted by molar-refractivity contribution is 7.46. The average molecular weight is 236 g/mol. The number of hydrogen-bond acceptors (Lipinski definition) is 0. The molecule has 0 spiro atoms. The third-order valence-electron chi connectivity index (χ3n) is 2.20. The van der Waals surface area contributed by atoms with Gasteiger partial charge in [-0.1, -0.05) is 38.9 Å². The Morgan fingerprint density at radius 1 is 0.875 bits per heavy atom. The first-order valence-electron chi connectivity index (χ1n) is 4.98. The Hall–Kier alpha value is -1.27. The van der Waals surface area contributed by atoms with Crippen LogP contribution < -0.4 is 5.30 Å². The van der Waals surface area contributed by atoms with Crippen LogP contribution in [-0.2, 0) is 6.16 Å². The van der Waals surface area contributed by atoms with Crippen molar-refractivity contribution in [3.05, 3.63) is 65.7 Å². The molecule has 0 saturated heterocycles. The van der Waals surface area contributed by atoms with E-state index in [1.165, 1.54) is 17.7 Å². The highest BCUT2D eigenvalue weighted by Gasteiger charge is 2.00. The Bertz CT molecular complexity index is 448. The minimum absolute atomic E-state index is 0.395. The van der Waals surface area contributed by atoms with E-state index in [1.807, 2.05) is 30.3 Å². The van der Waals surface area contributed by atoms with E-state index >= 15 is 0 Å². The van der Waals surface area contributed by atoms with Gasteiger partial charge in [0.1, 0.15) is 11.6 Å². The quantitative estimate of drug-likeness (QED) is 0.716. The zero-order valence-corrected chi connectivity index (χ0v) is 9.58. The molecule has 3 heteroatoms. The molecule has 1 unspecified atom stereocenters. The van der Waals surface area contributed by atoms with Gasteiger partial charge in [-0.05, 0) is 29.2 Å². The standard InChI is InChI=1S/C13H11F2P/c14-11-6-12(15)8-13(7-11)16-9-10-4-2-1-3-5-10/h1-8,16H,9H2. The van der Waals surface area contributed by atoms with Gasteiger partial charge >= 0.3 is 0 Å². The second-order valence-corrected chi connectivity index (χ2v) is 4.78. The molecule has 0 radical (unpaired) electrons. The lowest BCUT2D eigenvalue weighted by Crippen LogP contribution is -1.98. The van der Waals surface area contributed by atoms with Gasteiger partial charge in [0.2, 0.25) is 0 Å². The molecule has 0 amide bonds. The third kappa shape index (κ3) is 3.11. The van der Waals surface area contributed by atoms with E-state index in [2.05, 4.69) is 0 Å². The molecule has 0 aromatic heterocycles. The fourth-order valence-electron chi connectivity index (χ4n) is 1.46. The van der Waals surface area contributed by atoms with Crippen molar-refractivity contribution in [2.24, 2.45) is 0 Å². The lowest BCUT2D eigenvalue weighted by Gasteiger charge is -2.03. The Balaban J connectivity index is 2.05. The fourth-order valence-corrected chi connectivity index (χ4v) is 2.58. The smallest absolute Gasteiger partial charge is 0.126 e. The summed E-state index contributed by atoms with van der Waals surface area (Å²) in [5, 5.41) is 0.723. The summed E-state index contributed by atoms with van der Waals surface area (Å²) in [6, 6.07) is 13.6. The van der Waals surface area contributed by atoms with Crippen molar-refractivity contribution >= 4 is 13.9 Å². The molecule has 0 aliphatic heterocycles. The van der Waals surface area contributed by atoms with Crippen molar-refractivity contribution in [2.75, 3.05) is 0 Å². The molecule has 0 bridgehead atoms. The van der Waals surface area contributed by atoms with E-state index in [9.17, 15) is 8.78 Å². The van der Waals surface area contributed by atoms with E-state index in [4.69, 9.17) is 0 Å². The molecule has 1 atom stereocenters. The summed E-state index contributed by atoms with van der Waals surface area (Å²) in [4.78, 5) is 0. The van der Waals surface area contributed by atoms with E-state index in [0.29, 0.717) is 8.58 Å². The molecule has 0 saturated carbocycles. The first-order chi connectivity index (χ1) is 7.74. The van der Waals surface area contributed by atoms with Crippen LogP contribution in [0.3, 0.4) is 0 Å². The van der Waals surface area contributed by atoms with Crippen LogP contribution in [0.15, 0.2) is 48.5 Å².